The lowest BCUT2D eigenvalue weighted by atomic mass is 9.95. The van der Waals surface area contributed by atoms with E-state index in [1.807, 2.05) is 72.0 Å². The largest absolute Gasteiger partial charge is 0.496 e. The number of ether oxygens (including phenoxy) is 2. The van der Waals surface area contributed by atoms with E-state index in [4.69, 9.17) is 19.6 Å². The Hall–Kier alpha value is -4.34. The minimum Gasteiger partial charge on any atom is -0.496 e. The molecule has 1 amide bonds. The summed E-state index contributed by atoms with van der Waals surface area (Å²) in [4.78, 5) is 38.3. The SMILES string of the molecule is CCN(C(=O)OCc1ccccc1)C1CCN(c2ccc(-c3nc4c(C)nn(C5CCCCC5)c4c(=O)[nH]3)c(OC)c2)CC1. The number of H-pyrrole nitrogens is 1. The summed E-state index contributed by atoms with van der Waals surface area (Å²) < 4.78 is 13.3. The van der Waals surface area contributed by atoms with Crippen LogP contribution in [0, 0.1) is 6.92 Å². The van der Waals surface area contributed by atoms with Crippen LogP contribution < -0.4 is 15.2 Å². The van der Waals surface area contributed by atoms with Crippen LogP contribution >= 0.6 is 0 Å². The molecule has 2 aliphatic rings. The number of anilines is 1. The predicted molar refractivity (Wildman–Crippen MR) is 171 cm³/mol. The number of rotatable bonds is 8. The Labute approximate surface area is 258 Å². The highest BCUT2D eigenvalue weighted by molar-refractivity contribution is 5.80. The second kappa shape index (κ2) is 13.1. The van der Waals surface area contributed by atoms with E-state index < -0.39 is 0 Å². The molecule has 10 nitrogen and oxygen atoms in total. The number of methoxy groups -OCH3 is 1. The van der Waals surface area contributed by atoms with Crippen LogP contribution in [0.3, 0.4) is 0 Å². The van der Waals surface area contributed by atoms with Crippen LogP contribution in [0.1, 0.15) is 69.2 Å². The first kappa shape index (κ1) is 29.7. The van der Waals surface area contributed by atoms with Gasteiger partial charge in [0.15, 0.2) is 5.52 Å². The zero-order valence-electron chi connectivity index (χ0n) is 25.9. The van der Waals surface area contributed by atoms with Crippen LogP contribution in [-0.4, -0.2) is 63.5 Å². The van der Waals surface area contributed by atoms with Gasteiger partial charge in [-0.2, -0.15) is 5.10 Å². The Morgan fingerprint density at radius 3 is 2.50 bits per heavy atom. The molecule has 2 aromatic carbocycles. The maximum atomic E-state index is 13.4. The average Bonchev–Trinajstić information content (AvgIpc) is 3.41. The number of carbonyl (C=O) groups excluding carboxylic acids is 1. The number of aryl methyl sites for hydroxylation is 1. The monoisotopic (exact) mass is 598 g/mol. The number of carbonyl (C=O) groups is 1. The van der Waals surface area contributed by atoms with Gasteiger partial charge in [-0.3, -0.25) is 9.48 Å². The number of nitrogens with one attached hydrogen (secondary N) is 1. The summed E-state index contributed by atoms with van der Waals surface area (Å²) in [6, 6.07) is 16.1. The number of nitrogens with zero attached hydrogens (tertiary/aromatic N) is 5. The number of piperidine rings is 1. The molecule has 0 bridgehead atoms. The van der Waals surface area contributed by atoms with Crippen LogP contribution in [0.4, 0.5) is 10.5 Å². The molecule has 4 aromatic rings. The molecule has 0 spiro atoms. The molecule has 232 valence electrons. The lowest BCUT2D eigenvalue weighted by molar-refractivity contribution is 0.0773. The molecule has 0 radical (unpaired) electrons. The number of aromatic amines is 1. The van der Waals surface area contributed by atoms with Gasteiger partial charge in [0.05, 0.1) is 24.4 Å². The number of benzene rings is 2. The van der Waals surface area contributed by atoms with Crippen LogP contribution in [0.25, 0.3) is 22.4 Å². The van der Waals surface area contributed by atoms with Crippen LogP contribution in [-0.2, 0) is 11.3 Å². The first-order chi connectivity index (χ1) is 21.5. The maximum absolute atomic E-state index is 13.4. The smallest absolute Gasteiger partial charge is 0.410 e. The molecule has 1 aliphatic carbocycles. The minimum atomic E-state index is -0.265. The third kappa shape index (κ3) is 6.02. The molecule has 0 atom stereocenters. The number of hydrogen-bond acceptors (Lipinski definition) is 7. The van der Waals surface area contributed by atoms with E-state index >= 15 is 0 Å². The normalized spacial score (nSPS) is 16.3. The van der Waals surface area contributed by atoms with E-state index in [9.17, 15) is 9.59 Å². The van der Waals surface area contributed by atoms with E-state index in [1.54, 1.807) is 7.11 Å². The first-order valence-electron chi connectivity index (χ1n) is 15.9. The molecule has 1 saturated carbocycles. The zero-order valence-corrected chi connectivity index (χ0v) is 25.9. The van der Waals surface area contributed by atoms with Gasteiger partial charge in [-0.05, 0) is 57.2 Å². The van der Waals surface area contributed by atoms with Crippen molar-refractivity contribution in [1.29, 1.82) is 0 Å². The van der Waals surface area contributed by atoms with Crippen molar-refractivity contribution in [2.45, 2.75) is 77.5 Å². The van der Waals surface area contributed by atoms with Crippen molar-refractivity contribution in [2.24, 2.45) is 0 Å². The van der Waals surface area contributed by atoms with Gasteiger partial charge >= 0.3 is 6.09 Å². The fourth-order valence-electron chi connectivity index (χ4n) is 6.75. The molecule has 1 saturated heterocycles. The number of fused-ring (bicyclic) bond motifs is 1. The van der Waals surface area contributed by atoms with Crippen molar-refractivity contribution in [3.63, 3.8) is 0 Å². The summed E-state index contributed by atoms with van der Waals surface area (Å²) in [5.41, 5.74) is 4.53. The van der Waals surface area contributed by atoms with Crippen molar-refractivity contribution in [3.8, 4) is 17.1 Å². The number of aromatic nitrogens is 4. The summed E-state index contributed by atoms with van der Waals surface area (Å²) in [5.74, 6) is 1.12. The number of amides is 1. The molecule has 1 aliphatic heterocycles. The average molecular weight is 599 g/mol. The summed E-state index contributed by atoms with van der Waals surface area (Å²) in [7, 11) is 1.64. The zero-order chi connectivity index (χ0) is 30.6. The summed E-state index contributed by atoms with van der Waals surface area (Å²) in [6.45, 7) is 6.40. The van der Waals surface area contributed by atoms with Gasteiger partial charge in [-0.15, -0.1) is 0 Å². The molecule has 3 heterocycles. The van der Waals surface area contributed by atoms with Gasteiger partial charge in [0, 0.05) is 37.4 Å². The fourth-order valence-corrected chi connectivity index (χ4v) is 6.75. The quantitative estimate of drug-likeness (QED) is 0.256. The van der Waals surface area contributed by atoms with Crippen molar-refractivity contribution >= 4 is 22.8 Å². The van der Waals surface area contributed by atoms with Crippen molar-refractivity contribution < 1.29 is 14.3 Å². The third-order valence-electron chi connectivity index (χ3n) is 9.14. The Morgan fingerprint density at radius 2 is 1.80 bits per heavy atom. The lowest BCUT2D eigenvalue weighted by Gasteiger charge is -2.38. The summed E-state index contributed by atoms with van der Waals surface area (Å²) in [5, 5.41) is 4.75. The molecule has 6 rings (SSSR count). The maximum Gasteiger partial charge on any atom is 0.410 e. The van der Waals surface area contributed by atoms with Gasteiger partial charge < -0.3 is 24.3 Å². The molecule has 44 heavy (non-hydrogen) atoms. The molecule has 1 N–H and O–H groups in total. The Kier molecular flexibility index (Phi) is 8.86. The second-order valence-electron chi connectivity index (χ2n) is 11.9. The minimum absolute atomic E-state index is 0.125. The van der Waals surface area contributed by atoms with Crippen molar-refractivity contribution in [3.05, 3.63) is 70.1 Å². The van der Waals surface area contributed by atoms with E-state index in [0.29, 0.717) is 29.2 Å². The highest BCUT2D eigenvalue weighted by atomic mass is 16.6. The van der Waals surface area contributed by atoms with Gasteiger partial charge in [0.2, 0.25) is 0 Å². The molecular formula is C34H42N6O4. The topological polar surface area (TPSA) is 106 Å². The van der Waals surface area contributed by atoms with Gasteiger partial charge in [0.25, 0.3) is 5.56 Å². The number of hydrogen-bond donors (Lipinski definition) is 1. The summed E-state index contributed by atoms with van der Waals surface area (Å²) in [6.07, 6.45) is 7.06. The Balaban J connectivity index is 1.15. The molecule has 10 heteroatoms. The standard InChI is InChI=1S/C34H42N6O4/c1-4-39(34(42)44-22-24-11-7-5-8-12-24)25-17-19-38(20-18-25)27-15-16-28(29(21-27)43-3)32-35-30-23(2)37-40(31(30)33(41)36-32)26-13-9-6-10-14-26/h5,7-8,11-12,15-16,21,25-26H,4,6,9-10,13-14,17-20,22H2,1-3H3,(H,35,36,41). The van der Waals surface area contributed by atoms with Crippen molar-refractivity contribution in [2.75, 3.05) is 31.6 Å². The fraction of sp³-hybridized carbons (Fsp3) is 0.471. The van der Waals surface area contributed by atoms with E-state index in [-0.39, 0.29) is 30.3 Å². The Bertz CT molecular complexity index is 1650. The van der Waals surface area contributed by atoms with E-state index in [2.05, 4.69) is 9.88 Å². The molecular weight excluding hydrogens is 556 g/mol. The van der Waals surface area contributed by atoms with E-state index in [0.717, 1.165) is 74.1 Å². The highest BCUT2D eigenvalue weighted by Crippen LogP contribution is 2.35. The Morgan fingerprint density at radius 1 is 1.05 bits per heavy atom. The van der Waals surface area contributed by atoms with Gasteiger partial charge in [0.1, 0.15) is 23.7 Å². The van der Waals surface area contributed by atoms with E-state index in [1.165, 1.54) is 6.42 Å². The van der Waals surface area contributed by atoms with Crippen LogP contribution in [0.15, 0.2) is 53.3 Å². The molecule has 2 aromatic heterocycles. The lowest BCUT2D eigenvalue weighted by Crippen LogP contribution is -2.47. The van der Waals surface area contributed by atoms with Crippen molar-refractivity contribution in [1.82, 2.24) is 24.6 Å². The third-order valence-corrected chi connectivity index (χ3v) is 9.14. The van der Waals surface area contributed by atoms with Crippen LogP contribution in [0.5, 0.6) is 5.75 Å². The van der Waals surface area contributed by atoms with Gasteiger partial charge in [-0.1, -0.05) is 49.6 Å². The predicted octanol–water partition coefficient (Wildman–Crippen LogP) is 6.24. The molecule has 2 fully saturated rings. The first-order valence-corrected chi connectivity index (χ1v) is 15.9. The summed E-state index contributed by atoms with van der Waals surface area (Å²) >= 11 is 0. The highest BCUT2D eigenvalue weighted by Gasteiger charge is 2.29. The second-order valence-corrected chi connectivity index (χ2v) is 11.9. The van der Waals surface area contributed by atoms with Gasteiger partial charge in [-0.25, -0.2) is 9.78 Å². The van der Waals surface area contributed by atoms with Crippen LogP contribution in [0.2, 0.25) is 0 Å². The molecule has 0 unspecified atom stereocenters.